The summed E-state index contributed by atoms with van der Waals surface area (Å²) in [5, 5.41) is 10.2. The largest absolute Gasteiger partial charge is 0.512 e. The van der Waals surface area contributed by atoms with Crippen LogP contribution in [0.2, 0.25) is 0 Å². The number of amides is 1. The van der Waals surface area contributed by atoms with Crippen LogP contribution in [0, 0.1) is 17.6 Å². The van der Waals surface area contributed by atoms with E-state index in [4.69, 9.17) is 4.74 Å². The van der Waals surface area contributed by atoms with Crippen molar-refractivity contribution in [3.8, 4) is 0 Å². The number of benzene rings is 1. The Labute approximate surface area is 150 Å². The van der Waals surface area contributed by atoms with Gasteiger partial charge in [0.1, 0.15) is 28.9 Å². The van der Waals surface area contributed by atoms with Crippen molar-refractivity contribution in [3.05, 3.63) is 47.2 Å². The van der Waals surface area contributed by atoms with E-state index in [9.17, 15) is 23.5 Å². The summed E-state index contributed by atoms with van der Waals surface area (Å²) < 4.78 is 38.1. The molecule has 1 N–H and O–H groups in total. The lowest BCUT2D eigenvalue weighted by atomic mass is 9.87. The summed E-state index contributed by atoms with van der Waals surface area (Å²) in [4.78, 5) is 25.8. The predicted molar refractivity (Wildman–Crippen MR) is 88.3 cm³/mol. The zero-order valence-electron chi connectivity index (χ0n) is 15.0. The number of hydrogen-bond donors (Lipinski definition) is 1. The van der Waals surface area contributed by atoms with Gasteiger partial charge in [0.2, 0.25) is 0 Å². The minimum absolute atomic E-state index is 0.144. The highest BCUT2D eigenvalue weighted by Gasteiger charge is 2.44. The third-order valence-corrected chi connectivity index (χ3v) is 3.83. The van der Waals surface area contributed by atoms with Crippen molar-refractivity contribution >= 4 is 12.1 Å². The van der Waals surface area contributed by atoms with Crippen molar-refractivity contribution in [3.63, 3.8) is 0 Å². The molecule has 2 rings (SSSR count). The van der Waals surface area contributed by atoms with E-state index >= 15 is 0 Å². The fourth-order valence-electron chi connectivity index (χ4n) is 2.75. The standard InChI is InChI=1S/C18H21F2NO5/c1-18(2,3)26-17(24)21-8-7-13(22)14(16(23)25-4)15(21)11-9-10(19)5-6-12(11)20/h5-7,9,14-15,22H,8H2,1-4H3/t14?,15-/m1/s1. The molecule has 0 spiro atoms. The van der Waals surface area contributed by atoms with E-state index in [1.54, 1.807) is 20.8 Å². The molecule has 0 saturated heterocycles. The Morgan fingerprint density at radius 2 is 1.92 bits per heavy atom. The highest BCUT2D eigenvalue weighted by molar-refractivity contribution is 5.79. The molecule has 0 aromatic heterocycles. The van der Waals surface area contributed by atoms with Crippen molar-refractivity contribution < 1.29 is 33.0 Å². The molecule has 142 valence electrons. The molecular formula is C18H21F2NO5. The second-order valence-corrected chi connectivity index (χ2v) is 6.87. The van der Waals surface area contributed by atoms with Gasteiger partial charge in [-0.15, -0.1) is 0 Å². The fraction of sp³-hybridized carbons (Fsp3) is 0.444. The number of carbonyl (C=O) groups excluding carboxylic acids is 2. The number of aliphatic hydroxyl groups excluding tert-OH is 1. The lowest BCUT2D eigenvalue weighted by Crippen LogP contribution is -2.47. The van der Waals surface area contributed by atoms with Gasteiger partial charge in [0.15, 0.2) is 0 Å². The number of methoxy groups -OCH3 is 1. The summed E-state index contributed by atoms with van der Waals surface area (Å²) in [6.45, 7) is 4.81. The van der Waals surface area contributed by atoms with Crippen LogP contribution >= 0.6 is 0 Å². The van der Waals surface area contributed by atoms with Crippen LogP contribution in [0.15, 0.2) is 30.0 Å². The van der Waals surface area contributed by atoms with Crippen molar-refractivity contribution in [1.82, 2.24) is 4.90 Å². The van der Waals surface area contributed by atoms with Gasteiger partial charge in [0, 0.05) is 12.1 Å². The van der Waals surface area contributed by atoms with Gasteiger partial charge in [-0.05, 0) is 45.0 Å². The molecule has 0 aliphatic carbocycles. The van der Waals surface area contributed by atoms with Crippen LogP contribution in [0.1, 0.15) is 32.4 Å². The van der Waals surface area contributed by atoms with Crippen LogP contribution in [0.3, 0.4) is 0 Å². The highest BCUT2D eigenvalue weighted by Crippen LogP contribution is 2.39. The van der Waals surface area contributed by atoms with Gasteiger partial charge in [0.25, 0.3) is 0 Å². The van der Waals surface area contributed by atoms with Gasteiger partial charge in [-0.3, -0.25) is 9.69 Å². The number of halogens is 2. The molecule has 1 aromatic carbocycles. The maximum Gasteiger partial charge on any atom is 0.411 e. The predicted octanol–water partition coefficient (Wildman–Crippen LogP) is 3.49. The summed E-state index contributed by atoms with van der Waals surface area (Å²) in [5.41, 5.74) is -1.10. The average molecular weight is 369 g/mol. The van der Waals surface area contributed by atoms with Crippen LogP contribution < -0.4 is 0 Å². The normalized spacial score (nSPS) is 20.4. The number of aliphatic hydroxyl groups is 1. The Morgan fingerprint density at radius 3 is 2.50 bits per heavy atom. The number of nitrogens with zero attached hydrogens (tertiary/aromatic N) is 1. The minimum Gasteiger partial charge on any atom is -0.512 e. The molecule has 2 atom stereocenters. The molecule has 0 bridgehead atoms. The van der Waals surface area contributed by atoms with Crippen LogP contribution in [-0.4, -0.2) is 41.3 Å². The summed E-state index contributed by atoms with van der Waals surface area (Å²) >= 11 is 0. The van der Waals surface area contributed by atoms with Crippen LogP contribution in [0.5, 0.6) is 0 Å². The van der Waals surface area contributed by atoms with Gasteiger partial charge >= 0.3 is 12.1 Å². The minimum atomic E-state index is -1.41. The van der Waals surface area contributed by atoms with E-state index in [1.165, 1.54) is 6.08 Å². The topological polar surface area (TPSA) is 76.1 Å². The van der Waals surface area contributed by atoms with Crippen molar-refractivity contribution in [2.24, 2.45) is 5.92 Å². The molecule has 1 aromatic rings. The van der Waals surface area contributed by atoms with E-state index < -0.39 is 41.3 Å². The van der Waals surface area contributed by atoms with Crippen LogP contribution in [0.25, 0.3) is 0 Å². The van der Waals surface area contributed by atoms with E-state index in [0.29, 0.717) is 0 Å². The first kappa shape index (κ1) is 19.7. The van der Waals surface area contributed by atoms with Crippen LogP contribution in [-0.2, 0) is 14.3 Å². The fourth-order valence-corrected chi connectivity index (χ4v) is 2.75. The summed E-state index contributed by atoms with van der Waals surface area (Å²) in [6, 6.07) is 1.37. The zero-order chi connectivity index (χ0) is 19.6. The number of carbonyl (C=O) groups is 2. The van der Waals surface area contributed by atoms with Crippen LogP contribution in [0.4, 0.5) is 13.6 Å². The molecule has 1 unspecified atom stereocenters. The lowest BCUT2D eigenvalue weighted by Gasteiger charge is -2.39. The van der Waals surface area contributed by atoms with Gasteiger partial charge in [0.05, 0.1) is 13.2 Å². The molecule has 0 saturated carbocycles. The summed E-state index contributed by atoms with van der Waals surface area (Å²) in [5.74, 6) is -4.25. The highest BCUT2D eigenvalue weighted by atomic mass is 19.1. The monoisotopic (exact) mass is 369 g/mol. The first-order chi connectivity index (χ1) is 12.0. The summed E-state index contributed by atoms with van der Waals surface area (Å²) in [6.07, 6.45) is 0.406. The number of rotatable bonds is 2. The third kappa shape index (κ3) is 4.12. The second-order valence-electron chi connectivity index (χ2n) is 6.87. The molecule has 1 amide bonds. The SMILES string of the molecule is COC(=O)C1C(O)=CCN(C(=O)OC(C)(C)C)[C@@H]1c1cc(F)ccc1F. The number of esters is 1. The Hall–Kier alpha value is -2.64. The Balaban J connectivity index is 2.57. The molecule has 1 aliphatic heterocycles. The quantitative estimate of drug-likeness (QED) is 0.808. The molecule has 0 radical (unpaired) electrons. The van der Waals surface area contributed by atoms with E-state index in [-0.39, 0.29) is 17.9 Å². The second kappa shape index (κ2) is 7.31. The van der Waals surface area contributed by atoms with Gasteiger partial charge in [-0.1, -0.05) is 0 Å². The molecule has 1 aliphatic rings. The van der Waals surface area contributed by atoms with Crippen molar-refractivity contribution in [2.75, 3.05) is 13.7 Å². The molecule has 26 heavy (non-hydrogen) atoms. The molecule has 6 nitrogen and oxygen atoms in total. The zero-order valence-corrected chi connectivity index (χ0v) is 15.0. The van der Waals surface area contributed by atoms with E-state index in [1.807, 2.05) is 0 Å². The average Bonchev–Trinajstić information content (AvgIpc) is 2.54. The van der Waals surface area contributed by atoms with Gasteiger partial charge in [-0.2, -0.15) is 0 Å². The lowest BCUT2D eigenvalue weighted by molar-refractivity contribution is -0.147. The van der Waals surface area contributed by atoms with E-state index in [0.717, 1.165) is 30.2 Å². The first-order valence-corrected chi connectivity index (χ1v) is 7.96. The number of ether oxygens (including phenoxy) is 2. The van der Waals surface area contributed by atoms with Crippen molar-refractivity contribution in [2.45, 2.75) is 32.4 Å². The van der Waals surface area contributed by atoms with E-state index in [2.05, 4.69) is 4.74 Å². The Bertz CT molecular complexity index is 742. The smallest absolute Gasteiger partial charge is 0.411 e. The van der Waals surface area contributed by atoms with Crippen molar-refractivity contribution in [1.29, 1.82) is 0 Å². The molecule has 1 heterocycles. The third-order valence-electron chi connectivity index (χ3n) is 3.83. The Morgan fingerprint density at radius 1 is 1.27 bits per heavy atom. The van der Waals surface area contributed by atoms with Gasteiger partial charge in [-0.25, -0.2) is 13.6 Å². The Kier molecular flexibility index (Phi) is 5.53. The molecule has 8 heteroatoms. The number of hydrogen-bond acceptors (Lipinski definition) is 5. The molecular weight excluding hydrogens is 348 g/mol. The maximum absolute atomic E-state index is 14.4. The maximum atomic E-state index is 14.4. The first-order valence-electron chi connectivity index (χ1n) is 7.96. The summed E-state index contributed by atoms with van der Waals surface area (Å²) in [7, 11) is 1.10. The van der Waals surface area contributed by atoms with Gasteiger partial charge < -0.3 is 14.6 Å². The molecule has 0 fully saturated rings.